The fourth-order valence-electron chi connectivity index (χ4n) is 1.13. The smallest absolute Gasteiger partial charge is 0.306 e. The van der Waals surface area contributed by atoms with Crippen LogP contribution in [-0.4, -0.2) is 17.0 Å². The highest BCUT2D eigenvalue weighted by molar-refractivity contribution is 5.93. The Morgan fingerprint density at radius 3 is 2.62 bits per heavy atom. The molecule has 1 atom stereocenters. The molecule has 0 saturated heterocycles. The topological polar surface area (TPSA) is 66.4 Å². The summed E-state index contributed by atoms with van der Waals surface area (Å²) in [7, 11) is 0. The van der Waals surface area contributed by atoms with Crippen molar-refractivity contribution in [3.05, 3.63) is 30.1 Å². The van der Waals surface area contributed by atoms with Gasteiger partial charge in [0.15, 0.2) is 0 Å². The fourth-order valence-corrected chi connectivity index (χ4v) is 1.13. The first-order valence-electron chi connectivity index (χ1n) is 4.78. The minimum Gasteiger partial charge on any atom is -0.481 e. The minimum absolute atomic E-state index is 0.0603. The lowest BCUT2D eigenvalue weighted by molar-refractivity contribution is -0.142. The molecular formula is C11H12FNO3. The molecule has 5 heteroatoms. The van der Waals surface area contributed by atoms with Crippen LogP contribution < -0.4 is 5.32 Å². The van der Waals surface area contributed by atoms with Crippen LogP contribution in [0.2, 0.25) is 0 Å². The highest BCUT2D eigenvalue weighted by Crippen LogP contribution is 2.13. The average molecular weight is 225 g/mol. The van der Waals surface area contributed by atoms with Gasteiger partial charge in [-0.25, -0.2) is 4.39 Å². The number of nitrogens with one attached hydrogen (secondary N) is 1. The quantitative estimate of drug-likeness (QED) is 0.822. The number of anilines is 1. The number of rotatable bonds is 4. The van der Waals surface area contributed by atoms with Crippen molar-refractivity contribution >= 4 is 17.6 Å². The third-order valence-corrected chi connectivity index (χ3v) is 2.06. The van der Waals surface area contributed by atoms with E-state index in [-0.39, 0.29) is 12.1 Å². The van der Waals surface area contributed by atoms with E-state index in [1.54, 1.807) is 6.07 Å². The van der Waals surface area contributed by atoms with Crippen molar-refractivity contribution in [3.8, 4) is 0 Å². The monoisotopic (exact) mass is 225 g/mol. The van der Waals surface area contributed by atoms with E-state index in [0.29, 0.717) is 0 Å². The molecule has 4 nitrogen and oxygen atoms in total. The second-order valence-corrected chi connectivity index (χ2v) is 3.47. The molecule has 0 bridgehead atoms. The summed E-state index contributed by atoms with van der Waals surface area (Å²) in [4.78, 5) is 21.8. The Balaban J connectivity index is 2.59. The third kappa shape index (κ3) is 3.34. The van der Waals surface area contributed by atoms with Gasteiger partial charge in [-0.2, -0.15) is 0 Å². The van der Waals surface area contributed by atoms with Crippen LogP contribution in [0.15, 0.2) is 24.3 Å². The van der Waals surface area contributed by atoms with Gasteiger partial charge in [-0.3, -0.25) is 9.59 Å². The predicted octanol–water partition coefficient (Wildman–Crippen LogP) is 1.88. The van der Waals surface area contributed by atoms with E-state index in [4.69, 9.17) is 5.11 Å². The standard InChI is InChI=1S/C11H12FNO3/c1-7(11(15)16)6-10(14)13-9-5-3-2-4-8(9)12/h2-5,7H,6H2,1H3,(H,13,14)(H,15,16). The first kappa shape index (κ1) is 12.2. The van der Waals surface area contributed by atoms with Crippen molar-refractivity contribution in [2.45, 2.75) is 13.3 Å². The first-order valence-corrected chi connectivity index (χ1v) is 4.78. The van der Waals surface area contributed by atoms with Gasteiger partial charge in [0.2, 0.25) is 5.91 Å². The maximum Gasteiger partial charge on any atom is 0.306 e. The minimum atomic E-state index is -1.05. The molecule has 86 valence electrons. The maximum absolute atomic E-state index is 13.1. The van der Waals surface area contributed by atoms with Gasteiger partial charge in [-0.05, 0) is 12.1 Å². The van der Waals surface area contributed by atoms with Crippen molar-refractivity contribution in [1.29, 1.82) is 0 Å². The number of halogens is 1. The summed E-state index contributed by atoms with van der Waals surface area (Å²) in [5, 5.41) is 10.9. The van der Waals surface area contributed by atoms with E-state index in [2.05, 4.69) is 5.32 Å². The van der Waals surface area contributed by atoms with Crippen molar-refractivity contribution in [1.82, 2.24) is 0 Å². The van der Waals surface area contributed by atoms with Crippen LogP contribution in [0.5, 0.6) is 0 Å². The van der Waals surface area contributed by atoms with Gasteiger partial charge in [-0.1, -0.05) is 19.1 Å². The molecule has 0 aliphatic carbocycles. The van der Waals surface area contributed by atoms with Gasteiger partial charge in [0.1, 0.15) is 5.82 Å². The molecule has 2 N–H and O–H groups in total. The number of carbonyl (C=O) groups excluding carboxylic acids is 1. The van der Waals surface area contributed by atoms with E-state index in [1.807, 2.05) is 0 Å². The first-order chi connectivity index (χ1) is 7.50. The molecule has 0 spiro atoms. The second-order valence-electron chi connectivity index (χ2n) is 3.47. The average Bonchev–Trinajstić information content (AvgIpc) is 2.21. The van der Waals surface area contributed by atoms with Crippen LogP contribution in [-0.2, 0) is 9.59 Å². The van der Waals surface area contributed by atoms with Gasteiger partial charge >= 0.3 is 5.97 Å². The van der Waals surface area contributed by atoms with Gasteiger partial charge < -0.3 is 10.4 Å². The normalized spacial score (nSPS) is 11.9. The van der Waals surface area contributed by atoms with Gasteiger partial charge in [0.25, 0.3) is 0 Å². The number of aliphatic carboxylic acids is 1. The van der Waals surface area contributed by atoms with E-state index in [1.165, 1.54) is 25.1 Å². The van der Waals surface area contributed by atoms with Crippen LogP contribution in [0.1, 0.15) is 13.3 Å². The molecule has 1 aromatic carbocycles. The van der Waals surface area contributed by atoms with Crippen LogP contribution >= 0.6 is 0 Å². The number of para-hydroxylation sites is 1. The number of hydrogen-bond donors (Lipinski definition) is 2. The SMILES string of the molecule is CC(CC(=O)Nc1ccccc1F)C(=O)O. The number of hydrogen-bond acceptors (Lipinski definition) is 2. The Hall–Kier alpha value is -1.91. The van der Waals surface area contributed by atoms with Crippen molar-refractivity contribution in [3.63, 3.8) is 0 Å². The van der Waals surface area contributed by atoms with Crippen molar-refractivity contribution in [2.75, 3.05) is 5.32 Å². The van der Waals surface area contributed by atoms with E-state index < -0.39 is 23.6 Å². The summed E-state index contributed by atoms with van der Waals surface area (Å²) in [5.74, 6) is -2.89. The highest BCUT2D eigenvalue weighted by Gasteiger charge is 2.16. The largest absolute Gasteiger partial charge is 0.481 e. The Kier molecular flexibility index (Phi) is 3.99. The molecule has 0 heterocycles. The molecular weight excluding hydrogens is 213 g/mol. The number of amides is 1. The molecule has 1 rings (SSSR count). The van der Waals surface area contributed by atoms with Crippen LogP contribution in [0.25, 0.3) is 0 Å². The molecule has 0 aliphatic rings. The zero-order chi connectivity index (χ0) is 12.1. The Bertz CT molecular complexity index is 406. The van der Waals surface area contributed by atoms with Crippen LogP contribution in [0.3, 0.4) is 0 Å². The zero-order valence-electron chi connectivity index (χ0n) is 8.74. The Labute approximate surface area is 92.1 Å². The van der Waals surface area contributed by atoms with E-state index in [9.17, 15) is 14.0 Å². The molecule has 0 radical (unpaired) electrons. The molecule has 1 amide bonds. The summed E-state index contributed by atoms with van der Waals surface area (Å²) >= 11 is 0. The van der Waals surface area contributed by atoms with Crippen LogP contribution in [0, 0.1) is 11.7 Å². The predicted molar refractivity (Wildman–Crippen MR) is 56.4 cm³/mol. The number of carbonyl (C=O) groups is 2. The van der Waals surface area contributed by atoms with Gasteiger partial charge in [0.05, 0.1) is 11.6 Å². The molecule has 1 unspecified atom stereocenters. The third-order valence-electron chi connectivity index (χ3n) is 2.06. The summed E-state index contributed by atoms with van der Waals surface area (Å²) in [6.07, 6.45) is -0.177. The van der Waals surface area contributed by atoms with Gasteiger partial charge in [0, 0.05) is 6.42 Å². The Morgan fingerprint density at radius 2 is 2.06 bits per heavy atom. The fraction of sp³-hybridized carbons (Fsp3) is 0.273. The Morgan fingerprint density at radius 1 is 1.44 bits per heavy atom. The van der Waals surface area contributed by atoms with E-state index in [0.717, 1.165) is 0 Å². The number of benzene rings is 1. The molecule has 16 heavy (non-hydrogen) atoms. The lowest BCUT2D eigenvalue weighted by Crippen LogP contribution is -2.20. The lowest BCUT2D eigenvalue weighted by atomic mass is 10.1. The van der Waals surface area contributed by atoms with Gasteiger partial charge in [-0.15, -0.1) is 0 Å². The maximum atomic E-state index is 13.1. The van der Waals surface area contributed by atoms with E-state index >= 15 is 0 Å². The summed E-state index contributed by atoms with van der Waals surface area (Å²) in [6, 6.07) is 5.72. The lowest BCUT2D eigenvalue weighted by Gasteiger charge is -2.08. The molecule has 0 aromatic heterocycles. The van der Waals surface area contributed by atoms with Crippen LogP contribution in [0.4, 0.5) is 10.1 Å². The second kappa shape index (κ2) is 5.25. The molecule has 0 fully saturated rings. The molecule has 1 aromatic rings. The molecule has 0 aliphatic heterocycles. The number of carboxylic acids is 1. The summed E-state index contributed by atoms with van der Waals surface area (Å²) < 4.78 is 13.1. The number of carboxylic acid groups (broad SMARTS) is 1. The zero-order valence-corrected chi connectivity index (χ0v) is 8.74. The highest BCUT2D eigenvalue weighted by atomic mass is 19.1. The van der Waals surface area contributed by atoms with Crippen molar-refractivity contribution in [2.24, 2.45) is 5.92 Å². The summed E-state index contributed by atoms with van der Waals surface area (Å²) in [6.45, 7) is 1.42. The van der Waals surface area contributed by atoms with Crippen molar-refractivity contribution < 1.29 is 19.1 Å². The summed E-state index contributed by atoms with van der Waals surface area (Å²) in [5.41, 5.74) is 0.0603. The molecule has 0 saturated carbocycles.